The van der Waals surface area contributed by atoms with E-state index in [1.54, 1.807) is 36.4 Å². The second-order valence-electron chi connectivity index (χ2n) is 6.97. The number of carbonyl (C=O) groups is 3. The number of benzene rings is 2. The van der Waals surface area contributed by atoms with E-state index in [0.29, 0.717) is 5.69 Å². The molecule has 2 aromatic rings. The van der Waals surface area contributed by atoms with Crippen LogP contribution in [-0.4, -0.2) is 42.9 Å². The fraction of sp³-hybridized carbons (Fsp3) is 0.227. The standard InChI is InChI=1S/C22H21N3O3/c1-23-20(26)19(21(27)25(22(23)28)18-7-3-2-4-8-18)15-16-9-11-17(12-10-16)24-13-5-6-14-24/h2-4,7-12,15H,5-6,13-14H2,1H3/b19-15-. The zero-order valence-electron chi connectivity index (χ0n) is 15.7. The van der Waals surface area contributed by atoms with Crippen molar-refractivity contribution in [3.8, 4) is 0 Å². The third kappa shape index (κ3) is 3.17. The zero-order chi connectivity index (χ0) is 19.7. The molecule has 2 aliphatic rings. The number of barbiturate groups is 1. The lowest BCUT2D eigenvalue weighted by Gasteiger charge is -2.31. The van der Waals surface area contributed by atoms with Crippen molar-refractivity contribution >= 4 is 35.3 Å². The van der Waals surface area contributed by atoms with E-state index in [0.717, 1.165) is 34.1 Å². The van der Waals surface area contributed by atoms with Gasteiger partial charge in [0.1, 0.15) is 5.57 Å². The van der Waals surface area contributed by atoms with Gasteiger partial charge in [0.2, 0.25) is 0 Å². The third-order valence-corrected chi connectivity index (χ3v) is 5.14. The molecular weight excluding hydrogens is 354 g/mol. The first-order valence-electron chi connectivity index (χ1n) is 9.34. The van der Waals surface area contributed by atoms with Gasteiger partial charge in [-0.05, 0) is 48.7 Å². The van der Waals surface area contributed by atoms with Crippen molar-refractivity contribution in [3.05, 3.63) is 65.7 Å². The second-order valence-corrected chi connectivity index (χ2v) is 6.97. The van der Waals surface area contributed by atoms with Gasteiger partial charge in [-0.3, -0.25) is 14.5 Å². The van der Waals surface area contributed by atoms with E-state index in [4.69, 9.17) is 0 Å². The van der Waals surface area contributed by atoms with Crippen LogP contribution in [0.3, 0.4) is 0 Å². The van der Waals surface area contributed by atoms with Crippen LogP contribution < -0.4 is 9.80 Å². The van der Waals surface area contributed by atoms with Crippen molar-refractivity contribution in [1.29, 1.82) is 0 Å². The fourth-order valence-corrected chi connectivity index (χ4v) is 3.57. The molecule has 0 bridgehead atoms. The summed E-state index contributed by atoms with van der Waals surface area (Å²) >= 11 is 0. The zero-order valence-corrected chi connectivity index (χ0v) is 15.7. The molecule has 4 amide bonds. The maximum Gasteiger partial charge on any atom is 0.338 e. The quantitative estimate of drug-likeness (QED) is 0.610. The number of urea groups is 1. The molecule has 0 saturated carbocycles. The van der Waals surface area contributed by atoms with Crippen molar-refractivity contribution in [1.82, 2.24) is 4.90 Å². The summed E-state index contributed by atoms with van der Waals surface area (Å²) in [4.78, 5) is 42.4. The van der Waals surface area contributed by atoms with Crippen LogP contribution in [0, 0.1) is 0 Å². The summed E-state index contributed by atoms with van der Waals surface area (Å²) in [6.07, 6.45) is 3.95. The van der Waals surface area contributed by atoms with E-state index in [2.05, 4.69) is 4.90 Å². The highest BCUT2D eigenvalue weighted by Crippen LogP contribution is 2.26. The molecule has 0 unspecified atom stereocenters. The molecule has 0 aromatic heterocycles. The van der Waals surface area contributed by atoms with Crippen LogP contribution in [0.25, 0.3) is 6.08 Å². The highest BCUT2D eigenvalue weighted by Gasteiger charge is 2.40. The number of likely N-dealkylation sites (N-methyl/N-ethyl adjacent to an activating group) is 1. The maximum absolute atomic E-state index is 13.0. The topological polar surface area (TPSA) is 60.9 Å². The number of nitrogens with zero attached hydrogens (tertiary/aromatic N) is 3. The monoisotopic (exact) mass is 375 g/mol. The Morgan fingerprint density at radius 3 is 2.07 bits per heavy atom. The Bertz CT molecular complexity index is 945. The van der Waals surface area contributed by atoms with Gasteiger partial charge in [-0.2, -0.15) is 0 Å². The lowest BCUT2D eigenvalue weighted by atomic mass is 10.1. The normalized spacial score (nSPS) is 19.1. The molecule has 2 heterocycles. The Labute approximate surface area is 163 Å². The molecule has 6 heteroatoms. The second kappa shape index (κ2) is 7.31. The first-order chi connectivity index (χ1) is 13.6. The largest absolute Gasteiger partial charge is 0.372 e. The SMILES string of the molecule is CN1C(=O)/C(=C/c2ccc(N3CCCC3)cc2)C(=O)N(c2ccccc2)C1=O. The van der Waals surface area contributed by atoms with Crippen LogP contribution in [0.5, 0.6) is 0 Å². The molecular formula is C22H21N3O3. The lowest BCUT2D eigenvalue weighted by Crippen LogP contribution is -2.55. The van der Waals surface area contributed by atoms with Gasteiger partial charge >= 0.3 is 6.03 Å². The molecule has 0 N–H and O–H groups in total. The van der Waals surface area contributed by atoms with Gasteiger partial charge < -0.3 is 4.90 Å². The van der Waals surface area contributed by atoms with Gasteiger partial charge in [-0.1, -0.05) is 30.3 Å². The van der Waals surface area contributed by atoms with Gasteiger partial charge in [-0.25, -0.2) is 9.69 Å². The van der Waals surface area contributed by atoms with Gasteiger partial charge in [0, 0.05) is 25.8 Å². The van der Waals surface area contributed by atoms with E-state index in [-0.39, 0.29) is 5.57 Å². The van der Waals surface area contributed by atoms with E-state index >= 15 is 0 Å². The molecule has 2 aliphatic heterocycles. The third-order valence-electron chi connectivity index (χ3n) is 5.14. The van der Waals surface area contributed by atoms with Gasteiger partial charge in [0.25, 0.3) is 11.8 Å². The Hall–Kier alpha value is -3.41. The van der Waals surface area contributed by atoms with Crippen LogP contribution in [0.2, 0.25) is 0 Å². The summed E-state index contributed by atoms with van der Waals surface area (Å²) in [5.74, 6) is -1.20. The predicted molar refractivity (Wildman–Crippen MR) is 108 cm³/mol. The Morgan fingerprint density at radius 2 is 1.43 bits per heavy atom. The molecule has 0 radical (unpaired) electrons. The summed E-state index contributed by atoms with van der Waals surface area (Å²) in [5.41, 5.74) is 2.29. The number of amides is 4. The summed E-state index contributed by atoms with van der Waals surface area (Å²) in [7, 11) is 1.39. The summed E-state index contributed by atoms with van der Waals surface area (Å²) in [6, 6.07) is 15.8. The summed E-state index contributed by atoms with van der Waals surface area (Å²) < 4.78 is 0. The lowest BCUT2D eigenvalue weighted by molar-refractivity contribution is -0.128. The molecule has 6 nitrogen and oxygen atoms in total. The average molecular weight is 375 g/mol. The van der Waals surface area contributed by atoms with Crippen LogP contribution in [0.1, 0.15) is 18.4 Å². The van der Waals surface area contributed by atoms with E-state index < -0.39 is 17.8 Å². The highest BCUT2D eigenvalue weighted by molar-refractivity contribution is 6.39. The number of imide groups is 2. The predicted octanol–water partition coefficient (Wildman–Crippen LogP) is 3.30. The number of anilines is 2. The van der Waals surface area contributed by atoms with E-state index in [9.17, 15) is 14.4 Å². The van der Waals surface area contributed by atoms with Gasteiger partial charge in [0.05, 0.1) is 5.69 Å². The smallest absolute Gasteiger partial charge is 0.338 e. The highest BCUT2D eigenvalue weighted by atomic mass is 16.2. The van der Waals surface area contributed by atoms with Crippen LogP contribution >= 0.6 is 0 Å². The van der Waals surface area contributed by atoms with E-state index in [1.807, 2.05) is 24.3 Å². The molecule has 0 aliphatic carbocycles. The minimum Gasteiger partial charge on any atom is -0.372 e. The Kier molecular flexibility index (Phi) is 4.69. The van der Waals surface area contributed by atoms with Crippen LogP contribution in [0.4, 0.5) is 16.2 Å². The molecule has 4 rings (SSSR count). The molecule has 28 heavy (non-hydrogen) atoms. The average Bonchev–Trinajstić information content (AvgIpc) is 3.26. The number of hydrogen-bond donors (Lipinski definition) is 0. The minimum atomic E-state index is -0.650. The molecule has 2 aromatic carbocycles. The van der Waals surface area contributed by atoms with Crippen molar-refractivity contribution in [2.24, 2.45) is 0 Å². The molecule has 142 valence electrons. The molecule has 0 spiro atoms. The van der Waals surface area contributed by atoms with E-state index in [1.165, 1.54) is 19.9 Å². The van der Waals surface area contributed by atoms with Gasteiger partial charge in [-0.15, -0.1) is 0 Å². The van der Waals surface area contributed by atoms with Crippen molar-refractivity contribution in [3.63, 3.8) is 0 Å². The minimum absolute atomic E-state index is 0.0279. The van der Waals surface area contributed by atoms with Crippen LogP contribution in [0.15, 0.2) is 60.2 Å². The number of carbonyl (C=O) groups excluding carboxylic acids is 3. The fourth-order valence-electron chi connectivity index (χ4n) is 3.57. The summed E-state index contributed by atoms with van der Waals surface area (Å²) in [6.45, 7) is 2.10. The maximum atomic E-state index is 13.0. The number of hydrogen-bond acceptors (Lipinski definition) is 4. The van der Waals surface area contributed by atoms with Crippen molar-refractivity contribution < 1.29 is 14.4 Å². The Morgan fingerprint density at radius 1 is 0.786 bits per heavy atom. The summed E-state index contributed by atoms with van der Waals surface area (Å²) in [5, 5.41) is 0. The van der Waals surface area contributed by atoms with Crippen LogP contribution in [-0.2, 0) is 9.59 Å². The Balaban J connectivity index is 1.66. The number of rotatable bonds is 3. The van der Waals surface area contributed by atoms with Crippen molar-refractivity contribution in [2.75, 3.05) is 29.9 Å². The first kappa shape index (κ1) is 18.0. The van der Waals surface area contributed by atoms with Crippen molar-refractivity contribution in [2.45, 2.75) is 12.8 Å². The molecule has 2 fully saturated rings. The van der Waals surface area contributed by atoms with Gasteiger partial charge in [0.15, 0.2) is 0 Å². The molecule has 0 atom stereocenters. The molecule has 2 saturated heterocycles. The number of para-hydroxylation sites is 1. The first-order valence-corrected chi connectivity index (χ1v) is 9.34.